The van der Waals surface area contributed by atoms with Crippen LogP contribution in [-0.4, -0.2) is 10.9 Å². The average Bonchev–Trinajstić information content (AvgIpc) is 2.77. The van der Waals surface area contributed by atoms with E-state index in [2.05, 4.69) is 50.5 Å². The van der Waals surface area contributed by atoms with Crippen LogP contribution in [0.2, 0.25) is 0 Å². The van der Waals surface area contributed by atoms with Gasteiger partial charge >= 0.3 is 0 Å². The highest BCUT2D eigenvalue weighted by Crippen LogP contribution is 2.40. The van der Waals surface area contributed by atoms with E-state index in [1.54, 1.807) is 36.2 Å². The number of benzene rings is 3. The number of nitrogens with zero attached hydrogens (tertiary/aromatic N) is 1. The molecule has 1 heterocycles. The first-order chi connectivity index (χ1) is 14.2. The van der Waals surface area contributed by atoms with Crippen LogP contribution in [0.1, 0.15) is 10.5 Å². The van der Waals surface area contributed by atoms with Gasteiger partial charge in [-0.2, -0.15) is 0 Å². The lowest BCUT2D eigenvalue weighted by molar-refractivity contribution is 0.102. The maximum Gasteiger partial charge on any atom is 0.274 e. The van der Waals surface area contributed by atoms with Gasteiger partial charge in [0.2, 0.25) is 0 Å². The van der Waals surface area contributed by atoms with Crippen LogP contribution in [0.15, 0.2) is 111 Å². The van der Waals surface area contributed by atoms with Crippen molar-refractivity contribution in [3.05, 3.63) is 107 Å². The molecule has 0 fully saturated rings. The van der Waals surface area contributed by atoms with Crippen molar-refractivity contribution in [2.75, 3.05) is 5.32 Å². The first-order valence-electron chi connectivity index (χ1n) is 9.05. The molecule has 0 aliphatic heterocycles. The van der Waals surface area contributed by atoms with Crippen molar-refractivity contribution < 1.29 is 4.79 Å². The van der Waals surface area contributed by atoms with Gasteiger partial charge in [-0.15, -0.1) is 0 Å². The normalized spacial score (nSPS) is 10.5. The highest BCUT2D eigenvalue weighted by atomic mass is 79.9. The van der Waals surface area contributed by atoms with Gasteiger partial charge in [-0.1, -0.05) is 70.2 Å². The second kappa shape index (κ2) is 9.07. The van der Waals surface area contributed by atoms with E-state index in [9.17, 15) is 4.79 Å². The van der Waals surface area contributed by atoms with Crippen molar-refractivity contribution in [1.29, 1.82) is 0 Å². The summed E-state index contributed by atoms with van der Waals surface area (Å²) < 4.78 is 0.982. The van der Waals surface area contributed by atoms with Crippen LogP contribution in [-0.2, 0) is 0 Å². The maximum absolute atomic E-state index is 12.7. The molecule has 0 aliphatic carbocycles. The summed E-state index contributed by atoms with van der Waals surface area (Å²) in [5, 5.41) is 3.01. The number of rotatable bonds is 5. The first kappa shape index (κ1) is 19.4. The number of para-hydroxylation sites is 1. The van der Waals surface area contributed by atoms with E-state index in [1.807, 2.05) is 48.5 Å². The highest BCUT2D eigenvalue weighted by Gasteiger charge is 2.14. The number of hydrogen-bond donors (Lipinski definition) is 1. The van der Waals surface area contributed by atoms with Crippen molar-refractivity contribution in [1.82, 2.24) is 4.98 Å². The molecule has 0 aliphatic rings. The number of carbonyl (C=O) groups excluding carboxylic acids is 1. The van der Waals surface area contributed by atoms with E-state index in [4.69, 9.17) is 0 Å². The largest absolute Gasteiger partial charge is 0.320 e. The number of nitrogens with one attached hydrogen (secondary N) is 1. The number of aromatic nitrogens is 1. The molecule has 142 valence electrons. The summed E-state index contributed by atoms with van der Waals surface area (Å²) in [6, 6.07) is 29.6. The molecule has 29 heavy (non-hydrogen) atoms. The van der Waals surface area contributed by atoms with Gasteiger partial charge in [-0.25, -0.2) is 0 Å². The fraction of sp³-hybridized carbons (Fsp3) is 0. The Hall–Kier alpha value is -2.89. The van der Waals surface area contributed by atoms with Crippen molar-refractivity contribution in [2.24, 2.45) is 0 Å². The number of hydrogen-bond acceptors (Lipinski definition) is 3. The summed E-state index contributed by atoms with van der Waals surface area (Å²) in [5.41, 5.74) is 3.13. The minimum atomic E-state index is -0.231. The molecular weight excluding hydrogens is 444 g/mol. The van der Waals surface area contributed by atoms with Crippen LogP contribution in [0.25, 0.3) is 11.1 Å². The summed E-state index contributed by atoms with van der Waals surface area (Å²) in [6.07, 6.45) is 1.61. The van der Waals surface area contributed by atoms with Gasteiger partial charge in [0.25, 0.3) is 5.91 Å². The fourth-order valence-electron chi connectivity index (χ4n) is 2.93. The Morgan fingerprint density at radius 3 is 2.38 bits per heavy atom. The molecule has 1 amide bonds. The van der Waals surface area contributed by atoms with E-state index in [0.717, 1.165) is 31.1 Å². The minimum absolute atomic E-state index is 0.231. The third-order valence-electron chi connectivity index (χ3n) is 4.28. The number of anilines is 1. The molecule has 1 aromatic heterocycles. The van der Waals surface area contributed by atoms with Crippen LogP contribution in [0.5, 0.6) is 0 Å². The molecule has 0 bridgehead atoms. The Morgan fingerprint density at radius 1 is 0.828 bits per heavy atom. The quantitative estimate of drug-likeness (QED) is 0.351. The summed E-state index contributed by atoms with van der Waals surface area (Å²) in [6.45, 7) is 0. The van der Waals surface area contributed by atoms with Crippen LogP contribution >= 0.6 is 27.7 Å². The molecule has 0 saturated carbocycles. The third kappa shape index (κ3) is 4.75. The van der Waals surface area contributed by atoms with Crippen LogP contribution in [0.3, 0.4) is 0 Å². The predicted octanol–water partition coefficient (Wildman–Crippen LogP) is 6.91. The number of amides is 1. The molecule has 0 spiro atoms. The third-order valence-corrected chi connectivity index (χ3v) is 5.85. The van der Waals surface area contributed by atoms with E-state index in [-0.39, 0.29) is 5.91 Å². The molecule has 0 saturated heterocycles. The minimum Gasteiger partial charge on any atom is -0.320 e. The SMILES string of the molecule is O=C(Nc1ccccc1-c1cc(Br)ccc1Sc1ccccc1)c1ccccn1. The van der Waals surface area contributed by atoms with Gasteiger partial charge in [0.1, 0.15) is 5.69 Å². The summed E-state index contributed by atoms with van der Waals surface area (Å²) in [5.74, 6) is -0.231. The molecule has 5 heteroatoms. The molecule has 3 aromatic carbocycles. The van der Waals surface area contributed by atoms with E-state index in [1.165, 1.54) is 0 Å². The van der Waals surface area contributed by atoms with Gasteiger partial charge in [-0.05, 0) is 54.1 Å². The zero-order valence-corrected chi connectivity index (χ0v) is 17.8. The van der Waals surface area contributed by atoms with Crippen LogP contribution in [0, 0.1) is 0 Å². The molecular formula is C24H17BrN2OS. The van der Waals surface area contributed by atoms with Crippen LogP contribution in [0.4, 0.5) is 5.69 Å². The summed E-state index contributed by atoms with van der Waals surface area (Å²) >= 11 is 5.28. The fourth-order valence-corrected chi connectivity index (χ4v) is 4.25. The standard InChI is InChI=1S/C24H17BrN2OS/c25-17-13-14-23(29-18-8-2-1-3-9-18)20(16-17)19-10-4-5-11-21(19)27-24(28)22-12-6-7-15-26-22/h1-16H,(H,27,28). The molecule has 0 atom stereocenters. The predicted molar refractivity (Wildman–Crippen MR) is 122 cm³/mol. The monoisotopic (exact) mass is 460 g/mol. The molecule has 4 rings (SSSR count). The lowest BCUT2D eigenvalue weighted by atomic mass is 10.0. The van der Waals surface area contributed by atoms with E-state index >= 15 is 0 Å². The number of pyridine rings is 1. The molecule has 1 N–H and O–H groups in total. The number of carbonyl (C=O) groups is 1. The molecule has 0 unspecified atom stereocenters. The topological polar surface area (TPSA) is 42.0 Å². The average molecular weight is 461 g/mol. The Labute approximate surface area is 182 Å². The van der Waals surface area contributed by atoms with Gasteiger partial charge in [0.15, 0.2) is 0 Å². The van der Waals surface area contributed by atoms with Crippen molar-refractivity contribution in [3.8, 4) is 11.1 Å². The van der Waals surface area contributed by atoms with Gasteiger partial charge < -0.3 is 5.32 Å². The Kier molecular flexibility index (Phi) is 6.08. The lowest BCUT2D eigenvalue weighted by Gasteiger charge is -2.15. The molecule has 4 aromatic rings. The van der Waals surface area contributed by atoms with Gasteiger partial charge in [-0.3, -0.25) is 9.78 Å². The van der Waals surface area contributed by atoms with Gasteiger partial charge in [0.05, 0.1) is 0 Å². The van der Waals surface area contributed by atoms with Crippen molar-refractivity contribution in [3.63, 3.8) is 0 Å². The van der Waals surface area contributed by atoms with Gasteiger partial charge in [0, 0.05) is 31.7 Å². The smallest absolute Gasteiger partial charge is 0.274 e. The lowest BCUT2D eigenvalue weighted by Crippen LogP contribution is -2.14. The van der Waals surface area contributed by atoms with Crippen molar-refractivity contribution >= 4 is 39.3 Å². The second-order valence-electron chi connectivity index (χ2n) is 6.27. The highest BCUT2D eigenvalue weighted by molar-refractivity contribution is 9.10. The number of halogens is 1. The summed E-state index contributed by atoms with van der Waals surface area (Å²) in [4.78, 5) is 19.1. The first-order valence-corrected chi connectivity index (χ1v) is 10.7. The molecule has 3 nitrogen and oxygen atoms in total. The molecule has 0 radical (unpaired) electrons. The Bertz CT molecular complexity index is 1130. The van der Waals surface area contributed by atoms with E-state index < -0.39 is 0 Å². The Morgan fingerprint density at radius 2 is 1.59 bits per heavy atom. The zero-order chi connectivity index (χ0) is 20.1. The van der Waals surface area contributed by atoms with Crippen LogP contribution < -0.4 is 5.32 Å². The Balaban J connectivity index is 1.72. The van der Waals surface area contributed by atoms with E-state index in [0.29, 0.717) is 5.69 Å². The zero-order valence-electron chi connectivity index (χ0n) is 15.4. The second-order valence-corrected chi connectivity index (χ2v) is 8.30. The summed E-state index contributed by atoms with van der Waals surface area (Å²) in [7, 11) is 0. The maximum atomic E-state index is 12.7. The van der Waals surface area contributed by atoms with Crippen molar-refractivity contribution in [2.45, 2.75) is 9.79 Å².